The first-order valence-electron chi connectivity index (χ1n) is 27.2. The van der Waals surface area contributed by atoms with Gasteiger partial charge in [0.05, 0.1) is 88.1 Å². The second kappa shape index (κ2) is 24.7. The highest BCUT2D eigenvalue weighted by atomic mass is 16.5. The molecular formula is C62H76N8O6. The van der Waals surface area contributed by atoms with Crippen molar-refractivity contribution >= 4 is 35.3 Å². The largest absolute Gasteiger partial charge is 0.495 e. The third-order valence-electron chi connectivity index (χ3n) is 15.0. The van der Waals surface area contributed by atoms with Crippen LogP contribution in [-0.2, 0) is 19.1 Å². The van der Waals surface area contributed by atoms with Gasteiger partial charge in [-0.3, -0.25) is 9.59 Å². The summed E-state index contributed by atoms with van der Waals surface area (Å²) in [6.07, 6.45) is 15.0. The van der Waals surface area contributed by atoms with E-state index in [1.807, 2.05) is 83.9 Å². The molecule has 4 aliphatic heterocycles. The second-order valence-electron chi connectivity index (χ2n) is 21.0. The van der Waals surface area contributed by atoms with Gasteiger partial charge in [-0.1, -0.05) is 64.1 Å². The molecule has 0 N–H and O–H groups in total. The van der Waals surface area contributed by atoms with Gasteiger partial charge in [0.15, 0.2) is 0 Å². The fourth-order valence-corrected chi connectivity index (χ4v) is 11.2. The standard InChI is InChI=1S/2C31H38N4O3/c2*1-22(2)30(25-8-10-27(11-9-25)33-14-16-38-17-15-33)35-13-5-6-26(31(35)36)18-24-7-12-28(29(19-24)37-4)34-20-23(3)32-21-34/h2*7-12,18-22,30H,5-6,13-17H2,1-4H3/b2*26-18+/t2*30-/m10/s1. The number of nitrogens with zero attached hydrogens (tertiary/aromatic N) is 8. The Hall–Kier alpha value is -7.16. The summed E-state index contributed by atoms with van der Waals surface area (Å²) in [6, 6.07) is 29.7. The number of benzene rings is 4. The molecule has 0 bridgehead atoms. The maximum atomic E-state index is 13.8. The van der Waals surface area contributed by atoms with Gasteiger partial charge < -0.3 is 47.7 Å². The van der Waals surface area contributed by atoms with Crippen molar-refractivity contribution < 1.29 is 28.5 Å². The van der Waals surface area contributed by atoms with Crippen molar-refractivity contribution in [2.75, 3.05) is 89.7 Å². The van der Waals surface area contributed by atoms with Crippen LogP contribution < -0.4 is 19.3 Å². The number of ether oxygens (including phenoxy) is 4. The van der Waals surface area contributed by atoms with Crippen molar-refractivity contribution in [3.05, 3.63) is 155 Å². The summed E-state index contributed by atoms with van der Waals surface area (Å²) in [5.41, 5.74) is 12.2. The van der Waals surface area contributed by atoms with Gasteiger partial charge >= 0.3 is 0 Å². The van der Waals surface area contributed by atoms with Crippen LogP contribution in [0.3, 0.4) is 0 Å². The van der Waals surface area contributed by atoms with E-state index in [0.29, 0.717) is 11.8 Å². The number of likely N-dealkylation sites (tertiary alicyclic amines) is 2. The summed E-state index contributed by atoms with van der Waals surface area (Å²) in [7, 11) is 3.34. The molecule has 400 valence electrons. The molecule has 2 atom stereocenters. The number of carbonyl (C=O) groups is 2. The van der Waals surface area contributed by atoms with E-state index < -0.39 is 0 Å². The van der Waals surface area contributed by atoms with Crippen LogP contribution in [0, 0.1) is 25.7 Å². The van der Waals surface area contributed by atoms with E-state index in [9.17, 15) is 9.59 Å². The van der Waals surface area contributed by atoms with Gasteiger partial charge in [-0.25, -0.2) is 9.97 Å². The number of aromatic nitrogens is 4. The lowest BCUT2D eigenvalue weighted by Gasteiger charge is -2.38. The molecule has 6 aromatic rings. The zero-order chi connectivity index (χ0) is 53.3. The summed E-state index contributed by atoms with van der Waals surface area (Å²) in [4.78, 5) is 45.1. The Morgan fingerprint density at radius 1 is 0.526 bits per heavy atom. The maximum Gasteiger partial charge on any atom is 0.250 e. The van der Waals surface area contributed by atoms with Crippen LogP contribution in [0.25, 0.3) is 23.5 Å². The fraction of sp³-hybridized carbons (Fsp3) is 0.419. The summed E-state index contributed by atoms with van der Waals surface area (Å²) in [5.74, 6) is 2.34. The Bertz CT molecular complexity index is 2780. The van der Waals surface area contributed by atoms with Crippen molar-refractivity contribution in [1.82, 2.24) is 28.9 Å². The summed E-state index contributed by atoms with van der Waals surface area (Å²) in [6.45, 7) is 21.0. The van der Waals surface area contributed by atoms with E-state index in [2.05, 4.69) is 106 Å². The van der Waals surface area contributed by atoms with Crippen LogP contribution in [-0.4, -0.2) is 121 Å². The third-order valence-corrected chi connectivity index (χ3v) is 15.0. The van der Waals surface area contributed by atoms with Crippen LogP contribution in [0.4, 0.5) is 11.4 Å². The summed E-state index contributed by atoms with van der Waals surface area (Å²) in [5, 5.41) is 0. The topological polar surface area (TPSA) is 120 Å². The Labute approximate surface area is 449 Å². The minimum Gasteiger partial charge on any atom is -0.495 e. The molecular weight excluding hydrogens is 953 g/mol. The molecule has 4 fully saturated rings. The Morgan fingerprint density at radius 3 is 1.24 bits per heavy atom. The van der Waals surface area contributed by atoms with E-state index in [4.69, 9.17) is 18.9 Å². The highest BCUT2D eigenvalue weighted by molar-refractivity contribution is 5.99. The van der Waals surface area contributed by atoms with Crippen molar-refractivity contribution in [3.63, 3.8) is 0 Å². The first-order valence-corrected chi connectivity index (χ1v) is 27.2. The average Bonchev–Trinajstić information content (AvgIpc) is 4.09. The Balaban J connectivity index is 0.000000186. The average molecular weight is 1030 g/mol. The molecule has 0 unspecified atom stereocenters. The normalized spacial score (nSPS) is 18.3. The number of carbonyl (C=O) groups excluding carboxylic acids is 2. The number of morpholine rings is 2. The molecule has 0 radical (unpaired) electrons. The van der Waals surface area contributed by atoms with Crippen molar-refractivity contribution in [3.8, 4) is 22.9 Å². The van der Waals surface area contributed by atoms with Gasteiger partial charge in [-0.05, 0) is 134 Å². The van der Waals surface area contributed by atoms with Gasteiger partial charge in [0.2, 0.25) is 11.8 Å². The predicted molar refractivity (Wildman–Crippen MR) is 302 cm³/mol. The minimum absolute atomic E-state index is 0.0336. The molecule has 6 heterocycles. The zero-order valence-corrected chi connectivity index (χ0v) is 45.8. The first-order chi connectivity index (χ1) is 36.9. The quantitative estimate of drug-likeness (QED) is 0.0976. The molecule has 0 saturated carbocycles. The minimum atomic E-state index is 0.0336. The molecule has 4 saturated heterocycles. The van der Waals surface area contributed by atoms with Gasteiger partial charge in [0.1, 0.15) is 11.5 Å². The molecule has 4 aliphatic rings. The predicted octanol–water partition coefficient (Wildman–Crippen LogP) is 10.9. The third kappa shape index (κ3) is 12.4. The highest BCUT2D eigenvalue weighted by Crippen LogP contribution is 2.38. The number of aryl methyl sites for hydroxylation is 2. The smallest absolute Gasteiger partial charge is 0.250 e. The lowest BCUT2D eigenvalue weighted by atomic mass is 9.90. The van der Waals surface area contributed by atoms with Crippen LogP contribution in [0.5, 0.6) is 11.5 Å². The number of hydrogen-bond acceptors (Lipinski definition) is 10. The molecule has 4 aromatic carbocycles. The first kappa shape index (κ1) is 53.7. The zero-order valence-electron chi connectivity index (χ0n) is 45.8. The SMILES string of the molecule is COc1cc(/C=C2\CCCN([C@@H](c3ccc(N4CCOCC4)cc3)C(C)C)C2=O)ccc1-n1cnc(C)c1.COc1cc(/C=C2\CCCN([C@H](c3ccc(N4CCOCC4)cc3)C(C)C)C2=O)ccc1-n1cnc(C)c1. The number of anilines is 2. The van der Waals surface area contributed by atoms with Gasteiger partial charge in [0, 0.05) is 74.2 Å². The van der Waals surface area contributed by atoms with Crippen LogP contribution in [0.2, 0.25) is 0 Å². The molecule has 14 nitrogen and oxygen atoms in total. The van der Waals surface area contributed by atoms with Crippen LogP contribution in [0.1, 0.15) is 99.1 Å². The molecule has 0 aliphatic carbocycles. The lowest BCUT2D eigenvalue weighted by Crippen LogP contribution is -2.41. The molecule has 14 heteroatoms. The number of amides is 2. The van der Waals surface area contributed by atoms with Crippen LogP contribution >= 0.6 is 0 Å². The van der Waals surface area contributed by atoms with Crippen molar-refractivity contribution in [2.45, 2.75) is 79.3 Å². The fourth-order valence-electron chi connectivity index (χ4n) is 11.2. The van der Waals surface area contributed by atoms with E-state index >= 15 is 0 Å². The molecule has 2 amide bonds. The van der Waals surface area contributed by atoms with Crippen LogP contribution in [0.15, 0.2) is 121 Å². The molecule has 0 spiro atoms. The number of rotatable bonds is 14. The molecule has 10 rings (SSSR count). The van der Waals surface area contributed by atoms with Gasteiger partial charge in [-0.15, -0.1) is 0 Å². The van der Waals surface area contributed by atoms with E-state index in [1.54, 1.807) is 26.9 Å². The highest BCUT2D eigenvalue weighted by Gasteiger charge is 2.34. The summed E-state index contributed by atoms with van der Waals surface area (Å²) < 4.78 is 26.3. The van der Waals surface area contributed by atoms with Crippen molar-refractivity contribution in [2.24, 2.45) is 11.8 Å². The lowest BCUT2D eigenvalue weighted by molar-refractivity contribution is -0.132. The molecule has 76 heavy (non-hydrogen) atoms. The summed E-state index contributed by atoms with van der Waals surface area (Å²) >= 11 is 0. The number of piperidine rings is 2. The number of hydrogen-bond donors (Lipinski definition) is 0. The monoisotopic (exact) mass is 1030 g/mol. The number of imidazole rings is 2. The second-order valence-corrected chi connectivity index (χ2v) is 21.0. The van der Waals surface area contributed by atoms with E-state index in [0.717, 1.165) is 148 Å². The number of methoxy groups -OCH3 is 2. The van der Waals surface area contributed by atoms with Gasteiger partial charge in [-0.2, -0.15) is 0 Å². The van der Waals surface area contributed by atoms with Gasteiger partial charge in [0.25, 0.3) is 0 Å². The van der Waals surface area contributed by atoms with E-state index in [1.165, 1.54) is 22.5 Å². The molecule has 2 aromatic heterocycles. The van der Waals surface area contributed by atoms with E-state index in [-0.39, 0.29) is 23.9 Å². The maximum absolute atomic E-state index is 13.8. The Morgan fingerprint density at radius 2 is 0.908 bits per heavy atom. The van der Waals surface area contributed by atoms with Crippen molar-refractivity contribution in [1.29, 1.82) is 0 Å². The Kier molecular flexibility index (Phi) is 17.4.